The lowest BCUT2D eigenvalue weighted by Gasteiger charge is -2.17. The first-order valence-corrected chi connectivity index (χ1v) is 18.9. The van der Waals surface area contributed by atoms with Crippen LogP contribution in [-0.2, 0) is 0 Å². The zero-order chi connectivity index (χ0) is 38.6. The van der Waals surface area contributed by atoms with E-state index in [1.54, 1.807) is 0 Å². The monoisotopic (exact) mass is 746 g/mol. The van der Waals surface area contributed by atoms with Gasteiger partial charge in [0, 0.05) is 38.4 Å². The third-order valence-electron chi connectivity index (χ3n) is 10.4. The third kappa shape index (κ3) is 5.44. The fraction of sp³-hybridized carbons (Fsp3) is 0. The highest BCUT2D eigenvalue weighted by molar-refractivity contribution is 6.19. The lowest BCUT2D eigenvalue weighted by molar-refractivity contribution is 0.946. The maximum Gasteiger partial charge on any atom is 0.238 e. The summed E-state index contributed by atoms with van der Waals surface area (Å²) < 4.78 is 3.98. The van der Waals surface area contributed by atoms with Crippen molar-refractivity contribution < 1.29 is 0 Å². The smallest absolute Gasteiger partial charge is 0.238 e. The van der Waals surface area contributed by atoms with Gasteiger partial charge in [-0.15, -0.1) is 0 Å². The summed E-state index contributed by atoms with van der Waals surface area (Å²) in [4.78, 5) is 45.6. The second kappa shape index (κ2) is 13.5. The molecule has 0 unspecified atom stereocenters. The number of nitrogens with zero attached hydrogens (tertiary/aromatic N) is 8. The van der Waals surface area contributed by atoms with Gasteiger partial charge >= 0.3 is 0 Å². The summed E-state index contributed by atoms with van der Waals surface area (Å²) in [5, 5.41) is 2.85. The number of fused-ring (bicyclic) bond motifs is 6. The normalized spacial score (nSPS) is 11.5. The zero-order valence-corrected chi connectivity index (χ0v) is 30.8. The highest BCUT2D eigenvalue weighted by Crippen LogP contribution is 2.37. The number of benzene rings is 7. The summed E-state index contributed by atoms with van der Waals surface area (Å²) in [7, 11) is 0. The van der Waals surface area contributed by atoms with Gasteiger partial charge in [0.1, 0.15) is 0 Å². The molecule has 7 aromatic carbocycles. The SMILES string of the molecule is O=c1c2ccccc2n(-c2nc(-c3ccccc3)nc(-c3ccccc3)n2)c2ccc3c4ccccc4n(-c4nc(-c5ccccc5)nc(-c5ccccc5)n4)c3c12. The Labute approximate surface area is 331 Å². The molecule has 0 atom stereocenters. The fourth-order valence-corrected chi connectivity index (χ4v) is 7.80. The van der Waals surface area contributed by atoms with Crippen molar-refractivity contribution in [3.63, 3.8) is 0 Å². The molecular formula is C49H30N8O. The van der Waals surface area contributed by atoms with Gasteiger partial charge in [0.25, 0.3) is 0 Å². The maximum atomic E-state index is 15.2. The molecule has 4 aromatic heterocycles. The molecular weight excluding hydrogens is 717 g/mol. The molecule has 0 amide bonds. The van der Waals surface area contributed by atoms with E-state index in [0.29, 0.717) is 62.5 Å². The fourth-order valence-electron chi connectivity index (χ4n) is 7.80. The number of aromatic nitrogens is 8. The van der Waals surface area contributed by atoms with Crippen LogP contribution < -0.4 is 5.43 Å². The number of pyridine rings is 1. The molecule has 58 heavy (non-hydrogen) atoms. The molecule has 0 fully saturated rings. The minimum absolute atomic E-state index is 0.127. The molecule has 0 aliphatic rings. The molecule has 0 saturated heterocycles. The Hall–Kier alpha value is -8.17. The zero-order valence-electron chi connectivity index (χ0n) is 30.8. The summed E-state index contributed by atoms with van der Waals surface area (Å²) >= 11 is 0. The Morgan fingerprint density at radius 1 is 0.310 bits per heavy atom. The van der Waals surface area contributed by atoms with Gasteiger partial charge in [-0.3, -0.25) is 13.9 Å². The van der Waals surface area contributed by atoms with Gasteiger partial charge in [0.2, 0.25) is 11.9 Å². The Bertz CT molecular complexity index is 3290. The standard InChI is InChI=1S/C49H30N8O/c58-43-37-26-14-16-28-39(37)56(48-52-44(31-17-5-1-6-18-31)50-45(53-48)32-19-7-2-8-20-32)40-30-29-36-35-25-13-15-27-38(35)57(42(36)41(40)43)49-54-46(33-21-9-3-10-22-33)51-47(55-49)34-23-11-4-12-24-34/h1-30H. The van der Waals surface area contributed by atoms with Crippen molar-refractivity contribution in [1.29, 1.82) is 0 Å². The van der Waals surface area contributed by atoms with Crippen LogP contribution in [0.5, 0.6) is 0 Å². The van der Waals surface area contributed by atoms with Gasteiger partial charge in [-0.1, -0.05) is 158 Å². The lowest BCUT2D eigenvalue weighted by Crippen LogP contribution is -2.15. The maximum absolute atomic E-state index is 15.2. The second-order valence-electron chi connectivity index (χ2n) is 13.9. The first kappa shape index (κ1) is 33.2. The van der Waals surface area contributed by atoms with E-state index in [-0.39, 0.29) is 5.43 Å². The van der Waals surface area contributed by atoms with E-state index < -0.39 is 0 Å². The Morgan fingerprint density at radius 2 is 0.690 bits per heavy atom. The number of hydrogen-bond donors (Lipinski definition) is 0. The summed E-state index contributed by atoms with van der Waals surface area (Å²) in [5.41, 5.74) is 6.09. The molecule has 0 aliphatic carbocycles. The predicted molar refractivity (Wildman–Crippen MR) is 230 cm³/mol. The van der Waals surface area contributed by atoms with E-state index in [1.807, 2.05) is 179 Å². The first-order chi connectivity index (χ1) is 28.7. The van der Waals surface area contributed by atoms with Crippen LogP contribution in [0.2, 0.25) is 0 Å². The van der Waals surface area contributed by atoms with E-state index in [1.165, 1.54) is 0 Å². The average molecular weight is 747 g/mol. The summed E-state index contributed by atoms with van der Waals surface area (Å²) in [6.45, 7) is 0. The van der Waals surface area contributed by atoms with Crippen LogP contribution >= 0.6 is 0 Å². The Morgan fingerprint density at radius 3 is 1.16 bits per heavy atom. The van der Waals surface area contributed by atoms with Crippen LogP contribution in [0.4, 0.5) is 0 Å². The Kier molecular flexibility index (Phi) is 7.75. The molecule has 4 heterocycles. The number of hydrogen-bond acceptors (Lipinski definition) is 7. The van der Waals surface area contributed by atoms with Gasteiger partial charge in [0.05, 0.1) is 27.5 Å². The minimum Gasteiger partial charge on any atom is -0.288 e. The quantitative estimate of drug-likeness (QED) is 0.156. The predicted octanol–water partition coefficient (Wildman–Crippen LogP) is 10.3. The molecule has 11 aromatic rings. The highest BCUT2D eigenvalue weighted by Gasteiger charge is 2.24. The molecule has 0 N–H and O–H groups in total. The van der Waals surface area contributed by atoms with Gasteiger partial charge < -0.3 is 0 Å². The van der Waals surface area contributed by atoms with E-state index in [4.69, 9.17) is 29.9 Å². The van der Waals surface area contributed by atoms with Gasteiger partial charge in [0.15, 0.2) is 28.7 Å². The van der Waals surface area contributed by atoms with Crippen molar-refractivity contribution >= 4 is 43.6 Å². The third-order valence-corrected chi connectivity index (χ3v) is 10.4. The molecule has 0 bridgehead atoms. The van der Waals surface area contributed by atoms with Crippen molar-refractivity contribution in [3.8, 4) is 57.4 Å². The number of para-hydroxylation sites is 2. The van der Waals surface area contributed by atoms with Crippen molar-refractivity contribution in [2.75, 3.05) is 0 Å². The Balaban J connectivity index is 1.28. The van der Waals surface area contributed by atoms with Crippen LogP contribution in [0.1, 0.15) is 0 Å². The highest BCUT2D eigenvalue weighted by atomic mass is 16.1. The van der Waals surface area contributed by atoms with Crippen LogP contribution in [-0.4, -0.2) is 39.0 Å². The molecule has 272 valence electrons. The number of rotatable bonds is 6. The minimum atomic E-state index is -0.127. The van der Waals surface area contributed by atoms with Crippen molar-refractivity contribution in [1.82, 2.24) is 39.0 Å². The molecule has 0 radical (unpaired) electrons. The van der Waals surface area contributed by atoms with Crippen LogP contribution in [0.3, 0.4) is 0 Å². The molecule has 9 nitrogen and oxygen atoms in total. The van der Waals surface area contributed by atoms with Gasteiger partial charge in [-0.05, 0) is 24.3 Å². The molecule has 9 heteroatoms. The van der Waals surface area contributed by atoms with E-state index in [9.17, 15) is 0 Å². The topological polar surface area (TPSA) is 104 Å². The van der Waals surface area contributed by atoms with E-state index in [0.717, 1.165) is 38.5 Å². The van der Waals surface area contributed by atoms with E-state index >= 15 is 4.79 Å². The average Bonchev–Trinajstić information content (AvgIpc) is 3.64. The molecule has 11 rings (SSSR count). The summed E-state index contributed by atoms with van der Waals surface area (Å²) in [5.74, 6) is 2.85. The van der Waals surface area contributed by atoms with Crippen molar-refractivity contribution in [3.05, 3.63) is 192 Å². The van der Waals surface area contributed by atoms with Crippen LogP contribution in [0, 0.1) is 0 Å². The summed E-state index contributed by atoms with van der Waals surface area (Å²) in [6.07, 6.45) is 0. The second-order valence-corrected chi connectivity index (χ2v) is 13.9. The molecule has 0 saturated carbocycles. The first-order valence-electron chi connectivity index (χ1n) is 18.9. The van der Waals surface area contributed by atoms with Gasteiger partial charge in [-0.2, -0.15) is 19.9 Å². The van der Waals surface area contributed by atoms with Crippen LogP contribution in [0.15, 0.2) is 187 Å². The summed E-state index contributed by atoms with van der Waals surface area (Å²) in [6, 6.07) is 59.3. The van der Waals surface area contributed by atoms with Gasteiger partial charge in [-0.25, -0.2) is 9.97 Å². The van der Waals surface area contributed by atoms with Crippen molar-refractivity contribution in [2.45, 2.75) is 0 Å². The van der Waals surface area contributed by atoms with E-state index in [2.05, 4.69) is 12.1 Å². The lowest BCUT2D eigenvalue weighted by atomic mass is 10.1. The van der Waals surface area contributed by atoms with Crippen molar-refractivity contribution in [2.24, 2.45) is 0 Å². The van der Waals surface area contributed by atoms with Crippen LogP contribution in [0.25, 0.3) is 101 Å². The molecule has 0 spiro atoms. The largest absolute Gasteiger partial charge is 0.288 e. The molecule has 0 aliphatic heterocycles.